The normalized spacial score (nSPS) is 15.3. The molecule has 2 amide bonds. The maximum Gasteiger partial charge on any atom is 0.329 e. The van der Waals surface area contributed by atoms with Crippen LogP contribution in [0.25, 0.3) is 0 Å². The van der Waals surface area contributed by atoms with E-state index in [9.17, 15) is 14.4 Å². The molecular formula is C26H32N2O4. The Labute approximate surface area is 189 Å². The number of amides is 2. The van der Waals surface area contributed by atoms with Crippen molar-refractivity contribution in [3.05, 3.63) is 71.8 Å². The summed E-state index contributed by atoms with van der Waals surface area (Å²) >= 11 is 0. The Morgan fingerprint density at radius 2 is 1.56 bits per heavy atom. The molecule has 0 aliphatic carbocycles. The molecule has 6 heteroatoms. The molecule has 1 atom stereocenters. The van der Waals surface area contributed by atoms with Crippen molar-refractivity contribution in [3.8, 4) is 0 Å². The predicted octanol–water partition coefficient (Wildman–Crippen LogP) is 3.47. The van der Waals surface area contributed by atoms with Crippen molar-refractivity contribution in [2.75, 3.05) is 19.7 Å². The topological polar surface area (TPSA) is 75.7 Å². The van der Waals surface area contributed by atoms with Crippen molar-refractivity contribution in [3.63, 3.8) is 0 Å². The van der Waals surface area contributed by atoms with E-state index in [-0.39, 0.29) is 24.3 Å². The molecule has 1 aliphatic heterocycles. The molecule has 1 saturated heterocycles. The largest absolute Gasteiger partial charge is 0.454 e. The molecule has 2 aromatic carbocycles. The third-order valence-electron chi connectivity index (χ3n) is 5.92. The van der Waals surface area contributed by atoms with Gasteiger partial charge in [-0.3, -0.25) is 9.59 Å². The molecular weight excluding hydrogens is 404 g/mol. The van der Waals surface area contributed by atoms with Crippen LogP contribution in [0, 0.1) is 11.8 Å². The summed E-state index contributed by atoms with van der Waals surface area (Å²) < 4.78 is 5.29. The second kappa shape index (κ2) is 11.5. The summed E-state index contributed by atoms with van der Waals surface area (Å²) in [4.78, 5) is 39.3. The summed E-state index contributed by atoms with van der Waals surface area (Å²) in [5.41, 5.74) is 1.80. The maximum atomic E-state index is 12.6. The minimum atomic E-state index is -0.813. The number of esters is 1. The lowest BCUT2D eigenvalue weighted by Gasteiger charge is -2.32. The van der Waals surface area contributed by atoms with Crippen LogP contribution in [0.15, 0.2) is 60.7 Å². The Kier molecular flexibility index (Phi) is 8.42. The molecule has 32 heavy (non-hydrogen) atoms. The molecule has 2 aromatic rings. The first-order valence-corrected chi connectivity index (χ1v) is 11.3. The van der Waals surface area contributed by atoms with Gasteiger partial charge in [0, 0.05) is 18.7 Å². The van der Waals surface area contributed by atoms with Crippen LogP contribution >= 0.6 is 0 Å². The molecule has 0 unspecified atom stereocenters. The van der Waals surface area contributed by atoms with Crippen LogP contribution in [-0.4, -0.2) is 48.4 Å². The average Bonchev–Trinajstić information content (AvgIpc) is 2.82. The van der Waals surface area contributed by atoms with Gasteiger partial charge in [0.05, 0.1) is 0 Å². The minimum Gasteiger partial charge on any atom is -0.454 e. The number of rotatable bonds is 8. The van der Waals surface area contributed by atoms with Gasteiger partial charge in [0.25, 0.3) is 11.8 Å². The maximum absolute atomic E-state index is 12.6. The van der Waals surface area contributed by atoms with Gasteiger partial charge in [0.2, 0.25) is 0 Å². The summed E-state index contributed by atoms with van der Waals surface area (Å²) in [5, 5.41) is 2.73. The average molecular weight is 437 g/mol. The summed E-state index contributed by atoms with van der Waals surface area (Å²) in [6.45, 7) is 4.71. The number of hydrogen-bond donors (Lipinski definition) is 1. The first kappa shape index (κ1) is 23.5. The van der Waals surface area contributed by atoms with E-state index in [0.717, 1.165) is 19.3 Å². The van der Waals surface area contributed by atoms with Crippen LogP contribution in [-0.2, 0) is 20.7 Å². The van der Waals surface area contributed by atoms with Crippen molar-refractivity contribution < 1.29 is 19.1 Å². The quantitative estimate of drug-likeness (QED) is 0.643. The highest BCUT2D eigenvalue weighted by molar-refractivity contribution is 5.97. The fraction of sp³-hybridized carbons (Fsp3) is 0.423. The number of piperidine rings is 1. The van der Waals surface area contributed by atoms with Gasteiger partial charge in [0.1, 0.15) is 6.04 Å². The first-order valence-electron chi connectivity index (χ1n) is 11.3. The number of nitrogens with one attached hydrogen (secondary N) is 1. The van der Waals surface area contributed by atoms with Crippen molar-refractivity contribution in [2.45, 2.75) is 39.2 Å². The van der Waals surface area contributed by atoms with Gasteiger partial charge >= 0.3 is 5.97 Å². The molecule has 0 aromatic heterocycles. The smallest absolute Gasteiger partial charge is 0.329 e. The van der Waals surface area contributed by atoms with Gasteiger partial charge in [0.15, 0.2) is 6.61 Å². The fourth-order valence-corrected chi connectivity index (χ4v) is 3.96. The van der Waals surface area contributed by atoms with E-state index in [1.807, 2.05) is 26.0 Å². The van der Waals surface area contributed by atoms with Gasteiger partial charge in [-0.25, -0.2) is 4.79 Å². The highest BCUT2D eigenvalue weighted by atomic mass is 16.5. The number of benzene rings is 2. The number of likely N-dealkylation sites (tertiary alicyclic amines) is 1. The molecule has 170 valence electrons. The zero-order valence-corrected chi connectivity index (χ0v) is 18.8. The van der Waals surface area contributed by atoms with E-state index in [4.69, 9.17) is 4.74 Å². The van der Waals surface area contributed by atoms with Gasteiger partial charge in [-0.2, -0.15) is 0 Å². The van der Waals surface area contributed by atoms with Crippen LogP contribution in [0.1, 0.15) is 42.6 Å². The summed E-state index contributed by atoms with van der Waals surface area (Å²) in [7, 11) is 0. The Morgan fingerprint density at radius 1 is 0.969 bits per heavy atom. The summed E-state index contributed by atoms with van der Waals surface area (Å²) in [5.74, 6) is -0.723. The standard InChI is InChI=1S/C26H32N2O4/c1-19(2)24(27-25(30)22-11-7-4-8-12-22)26(31)32-18-23(29)28-15-13-21(14-16-28)17-20-9-5-3-6-10-20/h3-12,19,21,24H,13-18H2,1-2H3,(H,27,30)/t24-/m0/s1. The van der Waals surface area contributed by atoms with Gasteiger partial charge in [-0.15, -0.1) is 0 Å². The fourth-order valence-electron chi connectivity index (χ4n) is 3.96. The third kappa shape index (κ3) is 6.67. The lowest BCUT2D eigenvalue weighted by molar-refractivity contribution is -0.155. The van der Waals surface area contributed by atoms with E-state index in [2.05, 4.69) is 29.6 Å². The Morgan fingerprint density at radius 3 is 2.16 bits per heavy atom. The van der Waals surface area contributed by atoms with Gasteiger partial charge in [-0.05, 0) is 48.8 Å². The highest BCUT2D eigenvalue weighted by Gasteiger charge is 2.28. The van der Waals surface area contributed by atoms with Crippen molar-refractivity contribution in [1.29, 1.82) is 0 Å². The molecule has 0 spiro atoms. The number of carbonyl (C=O) groups excluding carboxylic acids is 3. The zero-order valence-electron chi connectivity index (χ0n) is 18.8. The number of hydrogen-bond acceptors (Lipinski definition) is 4. The van der Waals surface area contributed by atoms with Gasteiger partial charge in [-0.1, -0.05) is 62.4 Å². The minimum absolute atomic E-state index is 0.168. The summed E-state index contributed by atoms with van der Waals surface area (Å²) in [6, 6.07) is 18.3. The number of nitrogens with zero attached hydrogens (tertiary/aromatic N) is 1. The molecule has 0 radical (unpaired) electrons. The van der Waals surface area contributed by atoms with E-state index in [1.165, 1.54) is 5.56 Å². The number of ether oxygens (including phenoxy) is 1. The zero-order chi connectivity index (χ0) is 22.9. The van der Waals surface area contributed by atoms with Crippen molar-refractivity contribution >= 4 is 17.8 Å². The van der Waals surface area contributed by atoms with E-state index >= 15 is 0 Å². The van der Waals surface area contributed by atoms with Crippen LogP contribution in [0.5, 0.6) is 0 Å². The van der Waals surface area contributed by atoms with E-state index < -0.39 is 12.0 Å². The van der Waals surface area contributed by atoms with Crippen LogP contribution in [0.4, 0.5) is 0 Å². The second-order valence-corrected chi connectivity index (χ2v) is 8.68. The lowest BCUT2D eigenvalue weighted by atomic mass is 9.90. The Balaban J connectivity index is 1.44. The van der Waals surface area contributed by atoms with Crippen LogP contribution in [0.2, 0.25) is 0 Å². The monoisotopic (exact) mass is 436 g/mol. The molecule has 6 nitrogen and oxygen atoms in total. The Bertz CT molecular complexity index is 891. The second-order valence-electron chi connectivity index (χ2n) is 8.68. The molecule has 1 N–H and O–H groups in total. The van der Waals surface area contributed by atoms with Crippen molar-refractivity contribution in [2.24, 2.45) is 11.8 Å². The molecule has 3 rings (SSSR count). The van der Waals surface area contributed by atoms with E-state index in [1.54, 1.807) is 29.2 Å². The first-order chi connectivity index (χ1) is 15.4. The van der Waals surface area contributed by atoms with Gasteiger partial charge < -0.3 is 15.0 Å². The predicted molar refractivity (Wildman–Crippen MR) is 123 cm³/mol. The van der Waals surface area contributed by atoms with E-state index in [0.29, 0.717) is 24.6 Å². The molecule has 1 fully saturated rings. The summed E-state index contributed by atoms with van der Waals surface area (Å²) in [6.07, 6.45) is 2.90. The molecule has 1 heterocycles. The SMILES string of the molecule is CC(C)[C@H](NC(=O)c1ccccc1)C(=O)OCC(=O)N1CCC(Cc2ccccc2)CC1. The number of carbonyl (C=O) groups is 3. The lowest BCUT2D eigenvalue weighted by Crippen LogP contribution is -2.47. The van der Waals surface area contributed by atoms with Crippen LogP contribution < -0.4 is 5.32 Å². The molecule has 0 saturated carbocycles. The van der Waals surface area contributed by atoms with Crippen LogP contribution in [0.3, 0.4) is 0 Å². The van der Waals surface area contributed by atoms with Crippen molar-refractivity contribution in [1.82, 2.24) is 10.2 Å². The molecule has 1 aliphatic rings. The Hall–Kier alpha value is -3.15. The highest BCUT2D eigenvalue weighted by Crippen LogP contribution is 2.21. The third-order valence-corrected chi connectivity index (χ3v) is 5.92. The molecule has 0 bridgehead atoms.